The predicted molar refractivity (Wildman–Crippen MR) is 69.7 cm³/mol. The number of aryl methyl sites for hydroxylation is 2. The summed E-state index contributed by atoms with van der Waals surface area (Å²) in [5.41, 5.74) is 0.744. The van der Waals surface area contributed by atoms with Crippen LogP contribution in [0.5, 0.6) is 5.75 Å². The molecule has 0 radical (unpaired) electrons. The number of nitrogens with zero attached hydrogens (tertiary/aromatic N) is 1. The minimum atomic E-state index is -0.407. The second-order valence-electron chi connectivity index (χ2n) is 4.26. The summed E-state index contributed by atoms with van der Waals surface area (Å²) in [5, 5.41) is 2.65. The summed E-state index contributed by atoms with van der Waals surface area (Å²) in [6.07, 6.45) is 0. The van der Waals surface area contributed by atoms with Crippen LogP contribution in [0.4, 0.5) is 4.39 Å². The number of aromatic nitrogens is 1. The molecule has 1 N–H and O–H groups in total. The molecule has 0 aliphatic heterocycles. The summed E-state index contributed by atoms with van der Waals surface area (Å²) in [5.74, 6) is 0.759. The van der Waals surface area contributed by atoms with Gasteiger partial charge in [-0.3, -0.25) is 4.79 Å². The van der Waals surface area contributed by atoms with Gasteiger partial charge in [0.25, 0.3) is 5.91 Å². The van der Waals surface area contributed by atoms with E-state index in [0.29, 0.717) is 17.4 Å². The Kier molecular flexibility index (Phi) is 4.34. The molecule has 106 valence electrons. The van der Waals surface area contributed by atoms with E-state index < -0.39 is 5.82 Å². The second-order valence-corrected chi connectivity index (χ2v) is 4.26. The number of ether oxygens (including phenoxy) is 1. The Labute approximate surface area is 115 Å². The smallest absolute Gasteiger partial charge is 0.258 e. The Bertz CT molecular complexity index is 610. The van der Waals surface area contributed by atoms with Crippen molar-refractivity contribution >= 4 is 5.91 Å². The van der Waals surface area contributed by atoms with E-state index in [1.165, 1.54) is 18.2 Å². The molecular formula is C14H15FN2O3. The quantitative estimate of drug-likeness (QED) is 0.910. The third-order valence-corrected chi connectivity index (χ3v) is 2.61. The van der Waals surface area contributed by atoms with Gasteiger partial charge in [-0.25, -0.2) is 9.37 Å². The Morgan fingerprint density at radius 2 is 2.25 bits per heavy atom. The van der Waals surface area contributed by atoms with Gasteiger partial charge < -0.3 is 14.5 Å². The van der Waals surface area contributed by atoms with Crippen LogP contribution >= 0.6 is 0 Å². The first-order chi connectivity index (χ1) is 9.54. The minimum absolute atomic E-state index is 0.185. The Morgan fingerprint density at radius 1 is 1.45 bits per heavy atom. The van der Waals surface area contributed by atoms with Gasteiger partial charge in [-0.2, -0.15) is 0 Å². The van der Waals surface area contributed by atoms with Crippen LogP contribution in [0.3, 0.4) is 0 Å². The highest BCUT2D eigenvalue weighted by Gasteiger charge is 2.09. The molecule has 5 nitrogen and oxygen atoms in total. The summed E-state index contributed by atoms with van der Waals surface area (Å²) in [6.45, 7) is 3.61. The van der Waals surface area contributed by atoms with Crippen molar-refractivity contribution in [2.45, 2.75) is 20.4 Å². The lowest BCUT2D eigenvalue weighted by molar-refractivity contribution is -0.123. The van der Waals surface area contributed by atoms with Crippen LogP contribution in [0.25, 0.3) is 0 Å². The van der Waals surface area contributed by atoms with E-state index in [0.717, 1.165) is 5.69 Å². The number of oxazole rings is 1. The van der Waals surface area contributed by atoms with Gasteiger partial charge in [0.1, 0.15) is 17.3 Å². The lowest BCUT2D eigenvalue weighted by Crippen LogP contribution is -2.28. The normalized spacial score (nSPS) is 10.3. The molecule has 1 aromatic heterocycles. The van der Waals surface area contributed by atoms with E-state index in [-0.39, 0.29) is 19.1 Å². The zero-order chi connectivity index (χ0) is 14.5. The van der Waals surface area contributed by atoms with Crippen LogP contribution < -0.4 is 10.1 Å². The average molecular weight is 278 g/mol. The van der Waals surface area contributed by atoms with E-state index in [2.05, 4.69) is 10.3 Å². The van der Waals surface area contributed by atoms with Gasteiger partial charge in [-0.05, 0) is 19.1 Å². The fourth-order valence-electron chi connectivity index (χ4n) is 1.67. The van der Waals surface area contributed by atoms with Crippen molar-refractivity contribution in [3.8, 4) is 5.75 Å². The third-order valence-electron chi connectivity index (χ3n) is 2.61. The first kappa shape index (κ1) is 14.0. The van der Waals surface area contributed by atoms with Gasteiger partial charge in [0.05, 0.1) is 12.2 Å². The molecule has 1 aromatic carbocycles. The second kappa shape index (κ2) is 6.18. The molecule has 0 fully saturated rings. The predicted octanol–water partition coefficient (Wildman–Crippen LogP) is 2.13. The number of carbonyl (C=O) groups is 1. The van der Waals surface area contributed by atoms with E-state index in [9.17, 15) is 9.18 Å². The molecule has 0 bridgehead atoms. The van der Waals surface area contributed by atoms with Crippen LogP contribution in [-0.4, -0.2) is 17.5 Å². The average Bonchev–Trinajstić information content (AvgIpc) is 2.72. The molecule has 1 amide bonds. The molecule has 20 heavy (non-hydrogen) atoms. The zero-order valence-electron chi connectivity index (χ0n) is 11.3. The standard InChI is InChI=1S/C14H15FN2O3/c1-9-13(20-10(2)17-9)7-16-14(18)8-19-12-5-3-4-11(15)6-12/h3-6H,7-8H2,1-2H3,(H,16,18). The van der Waals surface area contributed by atoms with E-state index in [1.54, 1.807) is 19.9 Å². The maximum absolute atomic E-state index is 12.9. The van der Waals surface area contributed by atoms with Crippen LogP contribution in [0.2, 0.25) is 0 Å². The fourth-order valence-corrected chi connectivity index (χ4v) is 1.67. The number of rotatable bonds is 5. The number of benzene rings is 1. The van der Waals surface area contributed by atoms with Crippen molar-refractivity contribution in [2.75, 3.05) is 6.61 Å². The Balaban J connectivity index is 1.80. The number of hydrogen-bond donors (Lipinski definition) is 1. The largest absolute Gasteiger partial charge is 0.484 e. The highest BCUT2D eigenvalue weighted by Crippen LogP contribution is 2.12. The van der Waals surface area contributed by atoms with Crippen LogP contribution in [0.15, 0.2) is 28.7 Å². The highest BCUT2D eigenvalue weighted by atomic mass is 19.1. The van der Waals surface area contributed by atoms with Gasteiger partial charge in [0, 0.05) is 13.0 Å². The minimum Gasteiger partial charge on any atom is -0.484 e. The lowest BCUT2D eigenvalue weighted by atomic mass is 10.3. The summed E-state index contributed by atoms with van der Waals surface area (Å²) in [7, 11) is 0. The Hall–Kier alpha value is -2.37. The molecule has 0 spiro atoms. The molecule has 1 heterocycles. The van der Waals surface area contributed by atoms with Gasteiger partial charge in [-0.1, -0.05) is 6.07 Å². The topological polar surface area (TPSA) is 64.4 Å². The highest BCUT2D eigenvalue weighted by molar-refractivity contribution is 5.77. The van der Waals surface area contributed by atoms with Crippen molar-refractivity contribution in [1.29, 1.82) is 0 Å². The van der Waals surface area contributed by atoms with E-state index in [1.807, 2.05) is 0 Å². The van der Waals surface area contributed by atoms with Crippen molar-refractivity contribution in [2.24, 2.45) is 0 Å². The van der Waals surface area contributed by atoms with Crippen molar-refractivity contribution < 1.29 is 18.3 Å². The molecule has 0 saturated heterocycles. The molecule has 0 aliphatic carbocycles. The number of nitrogens with one attached hydrogen (secondary N) is 1. The third kappa shape index (κ3) is 3.81. The molecule has 0 saturated carbocycles. The molecule has 6 heteroatoms. The Morgan fingerprint density at radius 3 is 2.90 bits per heavy atom. The molecule has 0 unspecified atom stereocenters. The van der Waals surface area contributed by atoms with Crippen LogP contribution in [0.1, 0.15) is 17.3 Å². The van der Waals surface area contributed by atoms with E-state index in [4.69, 9.17) is 9.15 Å². The number of carbonyl (C=O) groups excluding carboxylic acids is 1. The van der Waals surface area contributed by atoms with Crippen LogP contribution in [-0.2, 0) is 11.3 Å². The van der Waals surface area contributed by atoms with Crippen molar-refractivity contribution in [1.82, 2.24) is 10.3 Å². The monoisotopic (exact) mass is 278 g/mol. The van der Waals surface area contributed by atoms with Gasteiger partial charge >= 0.3 is 0 Å². The molecule has 2 aromatic rings. The summed E-state index contributed by atoms with van der Waals surface area (Å²) < 4.78 is 23.4. The first-order valence-corrected chi connectivity index (χ1v) is 6.12. The molecule has 0 aliphatic rings. The fraction of sp³-hybridized carbons (Fsp3) is 0.286. The number of halogens is 1. The SMILES string of the molecule is Cc1nc(C)c(CNC(=O)COc2cccc(F)c2)o1. The molecule has 2 rings (SSSR count). The first-order valence-electron chi connectivity index (χ1n) is 6.12. The maximum Gasteiger partial charge on any atom is 0.258 e. The van der Waals surface area contributed by atoms with Gasteiger partial charge in [-0.15, -0.1) is 0 Å². The van der Waals surface area contributed by atoms with Crippen molar-refractivity contribution in [3.63, 3.8) is 0 Å². The van der Waals surface area contributed by atoms with E-state index >= 15 is 0 Å². The molecule has 0 atom stereocenters. The molecular weight excluding hydrogens is 263 g/mol. The summed E-state index contributed by atoms with van der Waals surface area (Å²) >= 11 is 0. The zero-order valence-corrected chi connectivity index (χ0v) is 11.3. The van der Waals surface area contributed by atoms with Crippen LogP contribution in [0, 0.1) is 19.7 Å². The summed E-state index contributed by atoms with van der Waals surface area (Å²) in [6, 6.07) is 5.63. The maximum atomic E-state index is 12.9. The van der Waals surface area contributed by atoms with Gasteiger partial charge in [0.2, 0.25) is 0 Å². The number of hydrogen-bond acceptors (Lipinski definition) is 4. The lowest BCUT2D eigenvalue weighted by Gasteiger charge is -2.06. The van der Waals surface area contributed by atoms with Gasteiger partial charge in [0.15, 0.2) is 12.5 Å². The number of amides is 1. The summed E-state index contributed by atoms with van der Waals surface area (Å²) in [4.78, 5) is 15.7. The van der Waals surface area contributed by atoms with Crippen molar-refractivity contribution in [3.05, 3.63) is 47.4 Å².